The molecule has 4 nitrogen and oxygen atoms in total. The smallest absolute Gasteiger partial charge is 0.321 e. The predicted molar refractivity (Wildman–Crippen MR) is 62.8 cm³/mol. The number of thioether (sulfide) groups is 1. The highest BCUT2D eigenvalue weighted by molar-refractivity contribution is 7.99. The van der Waals surface area contributed by atoms with Crippen molar-refractivity contribution in [2.45, 2.75) is 11.4 Å². The highest BCUT2D eigenvalue weighted by Crippen LogP contribution is 2.33. The van der Waals surface area contributed by atoms with Crippen molar-refractivity contribution >= 4 is 17.7 Å². The van der Waals surface area contributed by atoms with E-state index in [0.29, 0.717) is 5.75 Å². The molecule has 0 aromatic heterocycles. The van der Waals surface area contributed by atoms with Crippen LogP contribution in [-0.4, -0.2) is 30.0 Å². The van der Waals surface area contributed by atoms with Gasteiger partial charge in [0.2, 0.25) is 0 Å². The van der Waals surface area contributed by atoms with Crippen LogP contribution < -0.4 is 10.1 Å². The van der Waals surface area contributed by atoms with Crippen molar-refractivity contribution in [1.29, 1.82) is 0 Å². The first kappa shape index (κ1) is 11.3. The summed E-state index contributed by atoms with van der Waals surface area (Å²) in [5.74, 6) is 0.622. The number of carbonyl (C=O) groups is 1. The van der Waals surface area contributed by atoms with Crippen LogP contribution in [0, 0.1) is 0 Å². The van der Waals surface area contributed by atoms with Gasteiger partial charge >= 0.3 is 5.97 Å². The molecule has 16 heavy (non-hydrogen) atoms. The van der Waals surface area contributed by atoms with Gasteiger partial charge in [-0.3, -0.25) is 10.1 Å². The third kappa shape index (κ3) is 2.31. The molecule has 86 valence electrons. The number of ether oxygens (including phenoxy) is 1. The maximum atomic E-state index is 10.8. The van der Waals surface area contributed by atoms with E-state index in [1.807, 2.05) is 24.3 Å². The van der Waals surface area contributed by atoms with Gasteiger partial charge in [-0.1, -0.05) is 12.1 Å². The van der Waals surface area contributed by atoms with Gasteiger partial charge in [-0.2, -0.15) is 0 Å². The van der Waals surface area contributed by atoms with Crippen molar-refractivity contribution in [3.8, 4) is 5.75 Å². The zero-order chi connectivity index (χ0) is 11.5. The average Bonchev–Trinajstić information content (AvgIpc) is 2.78. The van der Waals surface area contributed by atoms with Crippen LogP contribution in [0.1, 0.15) is 10.9 Å². The second kappa shape index (κ2) is 4.76. The SMILES string of the molecule is COc1ccc([C@H]2NC(C(=O)O)CS2)cc1. The first-order valence-electron chi connectivity index (χ1n) is 4.95. The Kier molecular flexibility index (Phi) is 3.36. The molecular formula is C11H13NO3S. The molecule has 1 heterocycles. The number of rotatable bonds is 3. The van der Waals surface area contributed by atoms with Crippen molar-refractivity contribution < 1.29 is 14.6 Å². The molecule has 1 aliphatic heterocycles. The van der Waals surface area contributed by atoms with Gasteiger partial charge < -0.3 is 9.84 Å². The minimum atomic E-state index is -0.788. The summed E-state index contributed by atoms with van der Waals surface area (Å²) in [5.41, 5.74) is 1.08. The predicted octanol–water partition coefficient (Wildman–Crippen LogP) is 1.48. The molecule has 2 N–H and O–H groups in total. The largest absolute Gasteiger partial charge is 0.497 e. The fourth-order valence-electron chi connectivity index (χ4n) is 1.59. The first-order chi connectivity index (χ1) is 7.70. The molecule has 1 saturated heterocycles. The lowest BCUT2D eigenvalue weighted by Crippen LogP contribution is -2.33. The van der Waals surface area contributed by atoms with Crippen molar-refractivity contribution in [1.82, 2.24) is 5.32 Å². The summed E-state index contributed by atoms with van der Waals surface area (Å²) < 4.78 is 5.07. The van der Waals surface area contributed by atoms with Crippen molar-refractivity contribution in [3.05, 3.63) is 29.8 Å². The lowest BCUT2D eigenvalue weighted by atomic mass is 10.2. The highest BCUT2D eigenvalue weighted by Gasteiger charge is 2.30. The maximum absolute atomic E-state index is 10.8. The van der Waals surface area contributed by atoms with Gasteiger partial charge in [0, 0.05) is 5.75 Å². The van der Waals surface area contributed by atoms with Crippen LogP contribution in [-0.2, 0) is 4.79 Å². The summed E-state index contributed by atoms with van der Waals surface area (Å²) in [6, 6.07) is 7.22. The van der Waals surface area contributed by atoms with Crippen molar-refractivity contribution in [3.63, 3.8) is 0 Å². The number of nitrogens with one attached hydrogen (secondary N) is 1. The Morgan fingerprint density at radius 3 is 2.69 bits per heavy atom. The van der Waals surface area contributed by atoms with E-state index < -0.39 is 12.0 Å². The summed E-state index contributed by atoms with van der Waals surface area (Å²) in [4.78, 5) is 10.8. The van der Waals surface area contributed by atoms with Crippen LogP contribution in [0.4, 0.5) is 0 Å². The molecule has 0 bridgehead atoms. The summed E-state index contributed by atoms with van der Waals surface area (Å²) in [6.45, 7) is 0. The number of carboxylic acids is 1. The van der Waals surface area contributed by atoms with Gasteiger partial charge in [-0.05, 0) is 17.7 Å². The molecule has 1 aromatic rings. The van der Waals surface area contributed by atoms with E-state index in [4.69, 9.17) is 9.84 Å². The number of benzene rings is 1. The molecule has 2 rings (SSSR count). The fraction of sp³-hybridized carbons (Fsp3) is 0.364. The minimum Gasteiger partial charge on any atom is -0.497 e. The Balaban J connectivity index is 2.05. The van der Waals surface area contributed by atoms with Gasteiger partial charge in [-0.25, -0.2) is 0 Å². The van der Waals surface area contributed by atoms with E-state index in [-0.39, 0.29) is 5.37 Å². The van der Waals surface area contributed by atoms with Gasteiger partial charge in [0.25, 0.3) is 0 Å². The third-order valence-electron chi connectivity index (χ3n) is 2.50. The van der Waals surface area contributed by atoms with Crippen molar-refractivity contribution in [2.24, 2.45) is 0 Å². The lowest BCUT2D eigenvalue weighted by Gasteiger charge is -2.11. The molecule has 1 aromatic carbocycles. The maximum Gasteiger partial charge on any atom is 0.321 e. The van der Waals surface area contributed by atoms with Crippen LogP contribution >= 0.6 is 11.8 Å². The number of aliphatic carboxylic acids is 1. The number of hydrogen-bond donors (Lipinski definition) is 2. The normalized spacial score (nSPS) is 24.3. The van der Waals surface area contributed by atoms with Crippen LogP contribution in [0.2, 0.25) is 0 Å². The minimum absolute atomic E-state index is 0.0620. The standard InChI is InChI=1S/C11H13NO3S/c1-15-8-4-2-7(3-5-8)10-12-9(6-16-10)11(13)14/h2-5,9-10,12H,6H2,1H3,(H,13,14)/t9?,10-/m0/s1. The zero-order valence-corrected chi connectivity index (χ0v) is 9.66. The van der Waals surface area contributed by atoms with E-state index >= 15 is 0 Å². The van der Waals surface area contributed by atoms with Crippen LogP contribution in [0.3, 0.4) is 0 Å². The van der Waals surface area contributed by atoms with Gasteiger partial charge in [0.15, 0.2) is 0 Å². The molecule has 0 spiro atoms. The molecule has 1 fully saturated rings. The number of methoxy groups -OCH3 is 1. The third-order valence-corrected chi connectivity index (χ3v) is 3.77. The average molecular weight is 239 g/mol. The first-order valence-corrected chi connectivity index (χ1v) is 6.00. The van der Waals surface area contributed by atoms with E-state index in [1.165, 1.54) is 0 Å². The molecule has 1 unspecified atom stereocenters. The zero-order valence-electron chi connectivity index (χ0n) is 8.84. The van der Waals surface area contributed by atoms with E-state index in [9.17, 15) is 4.79 Å². The Hall–Kier alpha value is -1.20. The van der Waals surface area contributed by atoms with Gasteiger partial charge in [0.1, 0.15) is 11.8 Å². The number of hydrogen-bond acceptors (Lipinski definition) is 4. The monoisotopic (exact) mass is 239 g/mol. The molecule has 1 aliphatic rings. The Morgan fingerprint density at radius 2 is 2.19 bits per heavy atom. The van der Waals surface area contributed by atoms with E-state index in [2.05, 4.69) is 5.32 Å². The van der Waals surface area contributed by atoms with Crippen LogP contribution in [0.25, 0.3) is 0 Å². The molecule has 0 saturated carbocycles. The lowest BCUT2D eigenvalue weighted by molar-refractivity contribution is -0.138. The Bertz CT molecular complexity index is 379. The Labute approximate surface area is 98.0 Å². The fourth-order valence-corrected chi connectivity index (χ4v) is 2.82. The van der Waals surface area contributed by atoms with Gasteiger partial charge in [0.05, 0.1) is 12.5 Å². The second-order valence-corrected chi connectivity index (χ2v) is 4.68. The number of carboxylic acid groups (broad SMARTS) is 1. The molecule has 5 heteroatoms. The molecule has 0 aliphatic carbocycles. The molecule has 0 amide bonds. The second-order valence-electron chi connectivity index (χ2n) is 3.54. The van der Waals surface area contributed by atoms with Crippen molar-refractivity contribution in [2.75, 3.05) is 12.9 Å². The van der Waals surface area contributed by atoms with Crippen LogP contribution in [0.15, 0.2) is 24.3 Å². The summed E-state index contributed by atoms with van der Waals surface area (Å²) in [6.07, 6.45) is 0. The van der Waals surface area contributed by atoms with E-state index in [1.54, 1.807) is 18.9 Å². The highest BCUT2D eigenvalue weighted by atomic mass is 32.2. The topological polar surface area (TPSA) is 58.6 Å². The van der Waals surface area contributed by atoms with E-state index in [0.717, 1.165) is 11.3 Å². The quantitative estimate of drug-likeness (QED) is 0.836. The van der Waals surface area contributed by atoms with Gasteiger partial charge in [-0.15, -0.1) is 11.8 Å². The summed E-state index contributed by atoms with van der Waals surface area (Å²) in [7, 11) is 1.62. The Morgan fingerprint density at radius 1 is 1.50 bits per heavy atom. The molecular weight excluding hydrogens is 226 g/mol. The summed E-state index contributed by atoms with van der Waals surface area (Å²) >= 11 is 1.61. The molecule has 0 radical (unpaired) electrons. The van der Waals surface area contributed by atoms with Crippen LogP contribution in [0.5, 0.6) is 5.75 Å². The molecule has 2 atom stereocenters. The summed E-state index contributed by atoms with van der Waals surface area (Å²) in [5, 5.41) is 12.0.